The number of hydrogen-bond acceptors (Lipinski definition) is 2. The van der Waals surface area contributed by atoms with Gasteiger partial charge in [0.25, 0.3) is 0 Å². The van der Waals surface area contributed by atoms with E-state index < -0.39 is 23.7 Å². The average molecular weight is 246 g/mol. The van der Waals surface area contributed by atoms with Gasteiger partial charge in [-0.15, -0.1) is 0 Å². The van der Waals surface area contributed by atoms with Crippen molar-refractivity contribution in [3.05, 3.63) is 29.8 Å². The third-order valence-electron chi connectivity index (χ3n) is 2.27. The van der Waals surface area contributed by atoms with Crippen LogP contribution in [0.25, 0.3) is 0 Å². The Morgan fingerprint density at radius 1 is 1.41 bits per heavy atom. The van der Waals surface area contributed by atoms with E-state index in [1.165, 1.54) is 18.2 Å². The number of rotatable bonds is 3. The zero-order valence-electron chi connectivity index (χ0n) is 9.21. The molecule has 0 aromatic heterocycles. The van der Waals surface area contributed by atoms with Crippen molar-refractivity contribution >= 4 is 11.6 Å². The van der Waals surface area contributed by atoms with Crippen LogP contribution in [0.3, 0.4) is 0 Å². The molecule has 1 rings (SSSR count). The van der Waals surface area contributed by atoms with Crippen molar-refractivity contribution in [3.63, 3.8) is 0 Å². The Bertz CT molecular complexity index is 404. The molecule has 0 bridgehead atoms. The van der Waals surface area contributed by atoms with Crippen molar-refractivity contribution in [1.29, 1.82) is 0 Å². The lowest BCUT2D eigenvalue weighted by Gasteiger charge is -2.15. The molecule has 17 heavy (non-hydrogen) atoms. The number of carbonyl (C=O) groups is 1. The Balaban J connectivity index is 2.96. The Morgan fingerprint density at radius 2 is 2.00 bits per heavy atom. The van der Waals surface area contributed by atoms with Gasteiger partial charge in [-0.05, 0) is 18.6 Å². The molecule has 0 fully saturated rings. The highest BCUT2D eigenvalue weighted by molar-refractivity contribution is 5.95. The molecule has 0 spiro atoms. The van der Waals surface area contributed by atoms with Crippen LogP contribution < -0.4 is 11.1 Å². The van der Waals surface area contributed by atoms with Crippen LogP contribution in [0.15, 0.2) is 24.3 Å². The molecule has 0 saturated heterocycles. The van der Waals surface area contributed by atoms with Gasteiger partial charge in [0, 0.05) is 0 Å². The van der Waals surface area contributed by atoms with Crippen LogP contribution in [0.1, 0.15) is 18.9 Å². The first-order valence-corrected chi connectivity index (χ1v) is 5.09. The van der Waals surface area contributed by atoms with Crippen LogP contribution >= 0.6 is 0 Å². The van der Waals surface area contributed by atoms with E-state index in [0.717, 1.165) is 6.07 Å². The van der Waals surface area contributed by atoms with Crippen LogP contribution in [0.5, 0.6) is 0 Å². The Kier molecular flexibility index (Phi) is 4.11. The lowest BCUT2D eigenvalue weighted by Crippen LogP contribution is -2.35. The molecule has 1 atom stereocenters. The van der Waals surface area contributed by atoms with E-state index in [2.05, 4.69) is 5.32 Å². The van der Waals surface area contributed by atoms with Gasteiger partial charge in [-0.25, -0.2) is 0 Å². The molecular weight excluding hydrogens is 233 g/mol. The summed E-state index contributed by atoms with van der Waals surface area (Å²) in [5.74, 6) is -0.621. The molecule has 1 amide bonds. The predicted octanol–water partition coefficient (Wildman–Crippen LogP) is 2.38. The van der Waals surface area contributed by atoms with E-state index in [4.69, 9.17) is 5.73 Å². The van der Waals surface area contributed by atoms with Crippen LogP contribution in [0.2, 0.25) is 0 Å². The molecule has 0 aliphatic carbocycles. The highest BCUT2D eigenvalue weighted by atomic mass is 19.4. The summed E-state index contributed by atoms with van der Waals surface area (Å²) in [6.07, 6.45) is -4.14. The van der Waals surface area contributed by atoms with E-state index in [1.807, 2.05) is 0 Å². The second-order valence-electron chi connectivity index (χ2n) is 3.55. The summed E-state index contributed by atoms with van der Waals surface area (Å²) in [7, 11) is 0. The summed E-state index contributed by atoms with van der Waals surface area (Å²) in [4.78, 5) is 11.4. The van der Waals surface area contributed by atoms with Gasteiger partial charge in [0.1, 0.15) is 0 Å². The first-order chi connectivity index (χ1) is 7.86. The zero-order chi connectivity index (χ0) is 13.1. The summed E-state index contributed by atoms with van der Waals surface area (Å²) in [6.45, 7) is 1.68. The molecule has 0 aliphatic heterocycles. The van der Waals surface area contributed by atoms with E-state index in [9.17, 15) is 18.0 Å². The minimum Gasteiger partial charge on any atom is -0.324 e. The number of amides is 1. The number of anilines is 1. The van der Waals surface area contributed by atoms with Crippen LogP contribution in [-0.2, 0) is 11.0 Å². The first-order valence-electron chi connectivity index (χ1n) is 5.09. The number of hydrogen-bond donors (Lipinski definition) is 2. The summed E-state index contributed by atoms with van der Waals surface area (Å²) in [5, 5.41) is 2.18. The Morgan fingerprint density at radius 3 is 2.53 bits per heavy atom. The Hall–Kier alpha value is -1.56. The van der Waals surface area contributed by atoms with E-state index in [1.54, 1.807) is 6.92 Å². The third kappa shape index (κ3) is 3.45. The van der Waals surface area contributed by atoms with Crippen LogP contribution in [0.4, 0.5) is 18.9 Å². The predicted molar refractivity (Wildman–Crippen MR) is 58.3 cm³/mol. The maximum absolute atomic E-state index is 12.6. The van der Waals surface area contributed by atoms with Gasteiger partial charge >= 0.3 is 6.18 Å². The normalized spacial score (nSPS) is 13.2. The van der Waals surface area contributed by atoms with E-state index >= 15 is 0 Å². The van der Waals surface area contributed by atoms with E-state index in [-0.39, 0.29) is 5.69 Å². The highest BCUT2D eigenvalue weighted by Crippen LogP contribution is 2.34. The van der Waals surface area contributed by atoms with Gasteiger partial charge in [0.15, 0.2) is 0 Å². The van der Waals surface area contributed by atoms with Gasteiger partial charge < -0.3 is 11.1 Å². The van der Waals surface area contributed by atoms with Gasteiger partial charge in [-0.3, -0.25) is 4.79 Å². The van der Waals surface area contributed by atoms with Crippen molar-refractivity contribution in [3.8, 4) is 0 Å². The van der Waals surface area contributed by atoms with Crippen molar-refractivity contribution < 1.29 is 18.0 Å². The minimum atomic E-state index is -4.50. The number of alkyl halides is 3. The number of nitrogens with two attached hydrogens (primary N) is 1. The fraction of sp³-hybridized carbons (Fsp3) is 0.364. The van der Waals surface area contributed by atoms with Gasteiger partial charge in [0.2, 0.25) is 5.91 Å². The molecule has 0 radical (unpaired) electrons. The Labute approximate surface area is 96.8 Å². The highest BCUT2D eigenvalue weighted by Gasteiger charge is 2.33. The fourth-order valence-electron chi connectivity index (χ4n) is 1.25. The third-order valence-corrected chi connectivity index (χ3v) is 2.27. The molecule has 0 heterocycles. The molecule has 1 aromatic rings. The van der Waals surface area contributed by atoms with Gasteiger partial charge in [-0.2, -0.15) is 13.2 Å². The molecule has 0 unspecified atom stereocenters. The molecule has 6 heteroatoms. The molecule has 3 nitrogen and oxygen atoms in total. The largest absolute Gasteiger partial charge is 0.418 e. The van der Waals surface area contributed by atoms with Gasteiger partial charge in [-0.1, -0.05) is 19.1 Å². The van der Waals surface area contributed by atoms with Crippen molar-refractivity contribution in [2.75, 3.05) is 5.32 Å². The summed E-state index contributed by atoms with van der Waals surface area (Å²) < 4.78 is 37.8. The van der Waals surface area contributed by atoms with Crippen molar-refractivity contribution in [2.45, 2.75) is 25.6 Å². The molecule has 0 saturated carbocycles. The molecule has 3 N–H and O–H groups in total. The standard InChI is InChI=1S/C11H13F3N2O/c1-2-8(15)10(17)16-9-6-4-3-5-7(9)11(12,13)14/h3-6,8H,2,15H2,1H3,(H,16,17)/t8-/m0/s1. The second kappa shape index (κ2) is 5.18. The number of nitrogens with one attached hydrogen (secondary N) is 1. The van der Waals surface area contributed by atoms with Crippen LogP contribution in [-0.4, -0.2) is 11.9 Å². The topological polar surface area (TPSA) is 55.1 Å². The lowest BCUT2D eigenvalue weighted by atomic mass is 10.1. The lowest BCUT2D eigenvalue weighted by molar-refractivity contribution is -0.137. The summed E-state index contributed by atoms with van der Waals surface area (Å²) >= 11 is 0. The zero-order valence-corrected chi connectivity index (χ0v) is 9.21. The molecule has 0 aliphatic rings. The van der Waals surface area contributed by atoms with Crippen LogP contribution in [0, 0.1) is 0 Å². The van der Waals surface area contributed by atoms with Gasteiger partial charge in [0.05, 0.1) is 17.3 Å². The van der Waals surface area contributed by atoms with E-state index in [0.29, 0.717) is 6.42 Å². The minimum absolute atomic E-state index is 0.270. The molecule has 1 aromatic carbocycles. The number of halogens is 3. The second-order valence-corrected chi connectivity index (χ2v) is 3.55. The fourth-order valence-corrected chi connectivity index (χ4v) is 1.25. The summed E-state index contributed by atoms with van der Waals surface area (Å²) in [5.41, 5.74) is 4.28. The smallest absolute Gasteiger partial charge is 0.324 e. The monoisotopic (exact) mass is 246 g/mol. The quantitative estimate of drug-likeness (QED) is 0.860. The number of carbonyl (C=O) groups excluding carboxylic acids is 1. The number of benzene rings is 1. The molecular formula is C11H13F3N2O. The first kappa shape index (κ1) is 13.5. The maximum Gasteiger partial charge on any atom is 0.418 e. The molecule has 94 valence electrons. The SMILES string of the molecule is CC[C@H](N)C(=O)Nc1ccccc1C(F)(F)F. The van der Waals surface area contributed by atoms with Crippen molar-refractivity contribution in [1.82, 2.24) is 0 Å². The number of para-hydroxylation sites is 1. The van der Waals surface area contributed by atoms with Crippen molar-refractivity contribution in [2.24, 2.45) is 5.73 Å². The maximum atomic E-state index is 12.6. The summed E-state index contributed by atoms with van der Waals surface area (Å²) in [6, 6.07) is 3.98. The average Bonchev–Trinajstić information content (AvgIpc) is 2.27.